The fourth-order valence-corrected chi connectivity index (χ4v) is 3.52. The number of carboxylic acids is 1. The van der Waals surface area contributed by atoms with Gasteiger partial charge in [0.15, 0.2) is 0 Å². The van der Waals surface area contributed by atoms with Crippen molar-refractivity contribution in [1.29, 1.82) is 0 Å². The third-order valence-electron chi connectivity index (χ3n) is 5.09. The zero-order valence-corrected chi connectivity index (χ0v) is 16.3. The van der Waals surface area contributed by atoms with Crippen molar-refractivity contribution < 1.29 is 24.2 Å². The predicted octanol–water partition coefficient (Wildman–Crippen LogP) is 2.89. The molecule has 2 aromatic rings. The van der Waals surface area contributed by atoms with E-state index >= 15 is 0 Å². The van der Waals surface area contributed by atoms with Gasteiger partial charge in [0.2, 0.25) is 5.91 Å². The second kappa shape index (κ2) is 8.77. The van der Waals surface area contributed by atoms with E-state index in [1.165, 1.54) is 6.92 Å². The molecule has 2 aromatic carbocycles. The van der Waals surface area contributed by atoms with Gasteiger partial charge in [0.1, 0.15) is 18.7 Å². The first-order valence-corrected chi connectivity index (χ1v) is 9.57. The summed E-state index contributed by atoms with van der Waals surface area (Å²) in [6.07, 6.45) is -0.475. The van der Waals surface area contributed by atoms with Gasteiger partial charge >= 0.3 is 12.1 Å². The van der Waals surface area contributed by atoms with Crippen LogP contribution >= 0.6 is 0 Å². The lowest BCUT2D eigenvalue weighted by atomic mass is 9.98. The molecule has 0 aromatic heterocycles. The van der Waals surface area contributed by atoms with Crippen LogP contribution in [-0.2, 0) is 14.3 Å². The van der Waals surface area contributed by atoms with Gasteiger partial charge in [0, 0.05) is 5.92 Å². The Balaban J connectivity index is 1.60. The average Bonchev–Trinajstić information content (AvgIpc) is 3.03. The highest BCUT2D eigenvalue weighted by Gasteiger charge is 2.29. The number of carboxylic acid groups (broad SMARTS) is 1. The summed E-state index contributed by atoms with van der Waals surface area (Å²) in [6.45, 7) is 3.27. The largest absolute Gasteiger partial charge is 0.480 e. The van der Waals surface area contributed by atoms with E-state index in [4.69, 9.17) is 9.84 Å². The highest BCUT2D eigenvalue weighted by atomic mass is 16.5. The Morgan fingerprint density at radius 1 is 1.00 bits per heavy atom. The van der Waals surface area contributed by atoms with Crippen molar-refractivity contribution in [3.8, 4) is 11.1 Å². The summed E-state index contributed by atoms with van der Waals surface area (Å²) in [5.41, 5.74) is 4.45. The molecule has 152 valence electrons. The Labute approximate surface area is 169 Å². The second-order valence-corrected chi connectivity index (χ2v) is 7.00. The van der Waals surface area contributed by atoms with Gasteiger partial charge < -0.3 is 20.5 Å². The summed E-state index contributed by atoms with van der Waals surface area (Å²) in [6, 6.07) is 14.1. The number of carbonyl (C=O) groups is 3. The monoisotopic (exact) mass is 396 g/mol. The SMILES string of the molecule is CC[C@@H](NC(=O)[C@H](C)NC(=O)OCC1c2ccccc2-c2ccccc21)C(=O)O. The molecule has 0 spiro atoms. The summed E-state index contributed by atoms with van der Waals surface area (Å²) in [5.74, 6) is -1.77. The van der Waals surface area contributed by atoms with E-state index in [2.05, 4.69) is 10.6 Å². The van der Waals surface area contributed by atoms with Crippen LogP contribution < -0.4 is 10.6 Å². The number of hydrogen-bond donors (Lipinski definition) is 3. The van der Waals surface area contributed by atoms with Crippen molar-refractivity contribution >= 4 is 18.0 Å². The van der Waals surface area contributed by atoms with Crippen LogP contribution in [0.4, 0.5) is 4.79 Å². The number of alkyl carbamates (subject to hydrolysis) is 1. The van der Waals surface area contributed by atoms with Gasteiger partial charge in [-0.3, -0.25) is 4.79 Å². The van der Waals surface area contributed by atoms with Crippen LogP contribution in [0.15, 0.2) is 48.5 Å². The Bertz CT molecular complexity index is 881. The van der Waals surface area contributed by atoms with Gasteiger partial charge in [0.05, 0.1) is 0 Å². The number of hydrogen-bond acceptors (Lipinski definition) is 4. The summed E-state index contributed by atoms with van der Waals surface area (Å²) in [5, 5.41) is 13.9. The molecule has 0 unspecified atom stereocenters. The summed E-state index contributed by atoms with van der Waals surface area (Å²) >= 11 is 0. The highest BCUT2D eigenvalue weighted by Crippen LogP contribution is 2.44. The molecule has 0 radical (unpaired) electrons. The minimum atomic E-state index is -1.12. The number of benzene rings is 2. The lowest BCUT2D eigenvalue weighted by Crippen LogP contribution is -2.50. The van der Waals surface area contributed by atoms with Gasteiger partial charge in [0.25, 0.3) is 0 Å². The molecule has 1 aliphatic carbocycles. The van der Waals surface area contributed by atoms with Crippen LogP contribution in [0.3, 0.4) is 0 Å². The number of aliphatic carboxylic acids is 1. The maximum atomic E-state index is 12.2. The fraction of sp³-hybridized carbons (Fsp3) is 0.318. The van der Waals surface area contributed by atoms with Gasteiger partial charge in [-0.15, -0.1) is 0 Å². The zero-order valence-electron chi connectivity index (χ0n) is 16.3. The van der Waals surface area contributed by atoms with Crippen molar-refractivity contribution in [3.05, 3.63) is 59.7 Å². The van der Waals surface area contributed by atoms with E-state index in [1.54, 1.807) is 6.92 Å². The fourth-order valence-electron chi connectivity index (χ4n) is 3.52. The smallest absolute Gasteiger partial charge is 0.407 e. The Morgan fingerprint density at radius 3 is 2.07 bits per heavy atom. The molecule has 7 heteroatoms. The van der Waals surface area contributed by atoms with Crippen molar-refractivity contribution in [2.45, 2.75) is 38.3 Å². The molecule has 2 atom stereocenters. The van der Waals surface area contributed by atoms with E-state index in [9.17, 15) is 14.4 Å². The average molecular weight is 396 g/mol. The lowest BCUT2D eigenvalue weighted by Gasteiger charge is -2.19. The molecule has 7 nitrogen and oxygen atoms in total. The van der Waals surface area contributed by atoms with Gasteiger partial charge in [-0.05, 0) is 35.6 Å². The van der Waals surface area contributed by atoms with Crippen LogP contribution in [0.1, 0.15) is 37.3 Å². The van der Waals surface area contributed by atoms with Crippen LogP contribution in [-0.4, -0.2) is 41.8 Å². The molecule has 0 fully saturated rings. The maximum absolute atomic E-state index is 12.2. The van der Waals surface area contributed by atoms with Crippen LogP contribution in [0.5, 0.6) is 0 Å². The highest BCUT2D eigenvalue weighted by molar-refractivity contribution is 5.89. The Morgan fingerprint density at radius 2 is 1.55 bits per heavy atom. The Kier molecular flexibility index (Phi) is 6.16. The van der Waals surface area contributed by atoms with E-state index in [0.29, 0.717) is 0 Å². The molecule has 0 aliphatic heterocycles. The summed E-state index contributed by atoms with van der Waals surface area (Å²) in [4.78, 5) is 35.3. The molecule has 1 aliphatic rings. The standard InChI is InChI=1S/C22H24N2O5/c1-3-19(21(26)27)24-20(25)13(2)23-22(28)29-12-18-16-10-6-4-8-14(16)15-9-5-7-11-17(15)18/h4-11,13,18-19H,3,12H2,1-2H3,(H,23,28)(H,24,25)(H,26,27)/t13-,19+/m0/s1. The second-order valence-electron chi connectivity index (χ2n) is 7.00. The first-order chi connectivity index (χ1) is 13.9. The number of rotatable bonds is 7. The maximum Gasteiger partial charge on any atom is 0.407 e. The molecule has 3 N–H and O–H groups in total. The molecule has 0 saturated carbocycles. The van der Waals surface area contributed by atoms with Crippen molar-refractivity contribution in [2.75, 3.05) is 6.61 Å². The lowest BCUT2D eigenvalue weighted by molar-refractivity contribution is -0.142. The van der Waals surface area contributed by atoms with Crippen LogP contribution in [0.25, 0.3) is 11.1 Å². The first kappa shape index (κ1) is 20.4. The van der Waals surface area contributed by atoms with Gasteiger partial charge in [-0.1, -0.05) is 55.5 Å². The number of carbonyl (C=O) groups excluding carboxylic acids is 2. The van der Waals surface area contributed by atoms with Gasteiger partial charge in [-0.25, -0.2) is 9.59 Å². The van der Waals surface area contributed by atoms with E-state index in [0.717, 1.165) is 22.3 Å². The van der Waals surface area contributed by atoms with Crippen molar-refractivity contribution in [3.63, 3.8) is 0 Å². The quantitative estimate of drug-likeness (QED) is 0.667. The van der Waals surface area contributed by atoms with Crippen LogP contribution in [0, 0.1) is 0 Å². The minimum absolute atomic E-state index is 0.0752. The molecule has 2 amide bonds. The van der Waals surface area contributed by atoms with E-state index in [1.807, 2.05) is 48.5 Å². The molecule has 29 heavy (non-hydrogen) atoms. The molecule has 0 heterocycles. The third kappa shape index (κ3) is 4.39. The van der Waals surface area contributed by atoms with Gasteiger partial charge in [-0.2, -0.15) is 0 Å². The molecular weight excluding hydrogens is 372 g/mol. The molecular formula is C22H24N2O5. The molecule has 0 bridgehead atoms. The predicted molar refractivity (Wildman–Crippen MR) is 108 cm³/mol. The number of nitrogens with one attached hydrogen (secondary N) is 2. The topological polar surface area (TPSA) is 105 Å². The van der Waals surface area contributed by atoms with E-state index in [-0.39, 0.29) is 18.9 Å². The number of fused-ring (bicyclic) bond motifs is 3. The van der Waals surface area contributed by atoms with Crippen molar-refractivity contribution in [1.82, 2.24) is 10.6 Å². The summed E-state index contributed by atoms with van der Waals surface area (Å²) < 4.78 is 5.39. The van der Waals surface area contributed by atoms with Crippen LogP contribution in [0.2, 0.25) is 0 Å². The molecule has 0 saturated heterocycles. The number of amides is 2. The van der Waals surface area contributed by atoms with Crippen molar-refractivity contribution in [2.24, 2.45) is 0 Å². The third-order valence-corrected chi connectivity index (χ3v) is 5.09. The normalized spacial score (nSPS) is 14.3. The Hall–Kier alpha value is -3.35. The molecule has 3 rings (SSSR count). The number of ether oxygens (including phenoxy) is 1. The zero-order chi connectivity index (χ0) is 21.0. The minimum Gasteiger partial charge on any atom is -0.480 e. The summed E-state index contributed by atoms with van der Waals surface area (Å²) in [7, 11) is 0. The van der Waals surface area contributed by atoms with E-state index < -0.39 is 30.1 Å². The first-order valence-electron chi connectivity index (χ1n) is 9.57.